The first kappa shape index (κ1) is 18.2. The van der Waals surface area contributed by atoms with Crippen molar-refractivity contribution in [3.05, 3.63) is 65.7 Å². The molecular formula is C22H24N4O2. The molecule has 2 N–H and O–H groups in total. The molecule has 1 saturated carbocycles. The summed E-state index contributed by atoms with van der Waals surface area (Å²) in [6.45, 7) is 6.30. The molecule has 4 rings (SSSR count). The molecule has 2 aromatic heterocycles. The Bertz CT molecular complexity index is 1060. The van der Waals surface area contributed by atoms with Crippen LogP contribution in [-0.4, -0.2) is 27.2 Å². The van der Waals surface area contributed by atoms with E-state index in [1.54, 1.807) is 16.7 Å². The van der Waals surface area contributed by atoms with E-state index in [1.165, 1.54) is 0 Å². The Morgan fingerprint density at radius 1 is 1.04 bits per heavy atom. The van der Waals surface area contributed by atoms with Crippen LogP contribution in [0, 0.1) is 0 Å². The molecule has 0 radical (unpaired) electrons. The van der Waals surface area contributed by atoms with E-state index < -0.39 is 0 Å². The molecule has 2 heterocycles. The lowest BCUT2D eigenvalue weighted by atomic mass is 9.86. The summed E-state index contributed by atoms with van der Waals surface area (Å²) in [5.74, 6) is -0.347. The lowest BCUT2D eigenvalue weighted by molar-refractivity contribution is 0.0940. The van der Waals surface area contributed by atoms with E-state index in [0.717, 1.165) is 24.1 Å². The Morgan fingerprint density at radius 3 is 2.46 bits per heavy atom. The minimum Gasteiger partial charge on any atom is -0.347 e. The highest BCUT2D eigenvalue weighted by atomic mass is 16.2. The van der Waals surface area contributed by atoms with Crippen molar-refractivity contribution in [1.29, 1.82) is 0 Å². The number of pyridine rings is 1. The molecule has 6 nitrogen and oxygen atoms in total. The lowest BCUT2D eigenvalue weighted by Crippen LogP contribution is -2.27. The van der Waals surface area contributed by atoms with Gasteiger partial charge in [-0.2, -0.15) is 0 Å². The van der Waals surface area contributed by atoms with Gasteiger partial charge in [-0.05, 0) is 42.0 Å². The molecule has 0 aliphatic heterocycles. The average Bonchev–Trinajstić information content (AvgIpc) is 3.38. The molecule has 0 spiro atoms. The van der Waals surface area contributed by atoms with E-state index in [-0.39, 0.29) is 34.8 Å². The molecule has 6 heteroatoms. The molecule has 1 aliphatic rings. The molecule has 28 heavy (non-hydrogen) atoms. The summed E-state index contributed by atoms with van der Waals surface area (Å²) in [6, 6.07) is 13.4. The SMILES string of the molecule is CC(C)(C)c1ccccc1NC(=O)c1nc(C(=O)NC2CC2)n2ccccc12. The second-order valence-electron chi connectivity index (χ2n) is 8.24. The number of rotatable bonds is 4. The topological polar surface area (TPSA) is 75.5 Å². The van der Waals surface area contributed by atoms with E-state index in [2.05, 4.69) is 36.4 Å². The predicted octanol–water partition coefficient (Wildman–Crippen LogP) is 3.78. The van der Waals surface area contributed by atoms with Gasteiger partial charge in [0.25, 0.3) is 11.8 Å². The quantitative estimate of drug-likeness (QED) is 0.728. The van der Waals surface area contributed by atoms with Crippen molar-refractivity contribution >= 4 is 23.0 Å². The summed E-state index contributed by atoms with van der Waals surface area (Å²) in [5.41, 5.74) is 2.52. The number of carbonyl (C=O) groups is 2. The molecule has 3 aromatic rings. The molecule has 0 unspecified atom stereocenters. The fourth-order valence-corrected chi connectivity index (χ4v) is 3.27. The van der Waals surface area contributed by atoms with Gasteiger partial charge in [-0.15, -0.1) is 0 Å². The summed E-state index contributed by atoms with van der Waals surface area (Å²) in [5, 5.41) is 5.92. The number of benzene rings is 1. The standard InChI is InChI=1S/C22H24N4O2/c1-22(2,3)15-8-4-5-9-16(15)24-20(27)18-17-10-6-7-13-26(17)19(25-18)21(28)23-14-11-12-14/h4-10,13-14H,11-12H2,1-3H3,(H,23,28)(H,24,27). The van der Waals surface area contributed by atoms with Gasteiger partial charge in [0.1, 0.15) is 0 Å². The first-order valence-corrected chi connectivity index (χ1v) is 9.53. The van der Waals surface area contributed by atoms with Crippen LogP contribution in [0.5, 0.6) is 0 Å². The molecule has 2 amide bonds. The third-order valence-electron chi connectivity index (χ3n) is 4.86. The fourth-order valence-electron chi connectivity index (χ4n) is 3.27. The molecule has 0 atom stereocenters. The maximum absolute atomic E-state index is 13.1. The molecule has 1 fully saturated rings. The minimum atomic E-state index is -0.328. The van der Waals surface area contributed by atoms with Gasteiger partial charge in [0.05, 0.1) is 5.52 Å². The number of fused-ring (bicyclic) bond motifs is 1. The summed E-state index contributed by atoms with van der Waals surface area (Å²) in [4.78, 5) is 30.0. The normalized spacial score (nSPS) is 14.1. The van der Waals surface area contributed by atoms with E-state index in [0.29, 0.717) is 5.52 Å². The highest BCUT2D eigenvalue weighted by Crippen LogP contribution is 2.30. The van der Waals surface area contributed by atoms with Gasteiger partial charge in [-0.1, -0.05) is 45.0 Å². The number of hydrogen-bond donors (Lipinski definition) is 2. The van der Waals surface area contributed by atoms with E-state index >= 15 is 0 Å². The summed E-state index contributed by atoms with van der Waals surface area (Å²) < 4.78 is 1.67. The zero-order valence-electron chi connectivity index (χ0n) is 16.3. The molecule has 0 bridgehead atoms. The van der Waals surface area contributed by atoms with Crippen LogP contribution in [-0.2, 0) is 5.41 Å². The van der Waals surface area contributed by atoms with Gasteiger partial charge in [0, 0.05) is 17.9 Å². The van der Waals surface area contributed by atoms with Crippen molar-refractivity contribution in [3.8, 4) is 0 Å². The number of aromatic nitrogens is 2. The molecule has 1 aromatic carbocycles. The van der Waals surface area contributed by atoms with Crippen LogP contribution in [0.3, 0.4) is 0 Å². The van der Waals surface area contributed by atoms with Gasteiger partial charge in [0.15, 0.2) is 5.69 Å². The van der Waals surface area contributed by atoms with Crippen LogP contribution >= 0.6 is 0 Å². The first-order chi connectivity index (χ1) is 13.3. The van der Waals surface area contributed by atoms with Crippen molar-refractivity contribution in [3.63, 3.8) is 0 Å². The van der Waals surface area contributed by atoms with Crippen LogP contribution in [0.2, 0.25) is 0 Å². The van der Waals surface area contributed by atoms with E-state index in [9.17, 15) is 9.59 Å². The lowest BCUT2D eigenvalue weighted by Gasteiger charge is -2.22. The zero-order chi connectivity index (χ0) is 19.9. The number of para-hydroxylation sites is 1. The zero-order valence-corrected chi connectivity index (χ0v) is 16.3. The maximum Gasteiger partial charge on any atom is 0.287 e. The monoisotopic (exact) mass is 376 g/mol. The molecule has 0 saturated heterocycles. The Kier molecular flexibility index (Phi) is 4.41. The molecular weight excluding hydrogens is 352 g/mol. The van der Waals surface area contributed by atoms with Gasteiger partial charge < -0.3 is 10.6 Å². The van der Waals surface area contributed by atoms with Crippen LogP contribution < -0.4 is 10.6 Å². The maximum atomic E-state index is 13.1. The third-order valence-corrected chi connectivity index (χ3v) is 4.86. The van der Waals surface area contributed by atoms with E-state index in [1.807, 2.05) is 36.4 Å². The van der Waals surface area contributed by atoms with Crippen molar-refractivity contribution < 1.29 is 9.59 Å². The van der Waals surface area contributed by atoms with Crippen LogP contribution in [0.15, 0.2) is 48.7 Å². The summed E-state index contributed by atoms with van der Waals surface area (Å²) in [7, 11) is 0. The number of nitrogens with one attached hydrogen (secondary N) is 2. The van der Waals surface area contributed by atoms with Gasteiger partial charge in [0.2, 0.25) is 5.82 Å². The largest absolute Gasteiger partial charge is 0.347 e. The van der Waals surface area contributed by atoms with Crippen LogP contribution in [0.25, 0.3) is 5.52 Å². The molecule has 1 aliphatic carbocycles. The number of hydrogen-bond acceptors (Lipinski definition) is 3. The van der Waals surface area contributed by atoms with Crippen molar-refractivity contribution in [1.82, 2.24) is 14.7 Å². The summed E-state index contributed by atoms with van der Waals surface area (Å²) >= 11 is 0. The summed E-state index contributed by atoms with van der Waals surface area (Å²) in [6.07, 6.45) is 3.74. The number of carbonyl (C=O) groups excluding carboxylic acids is 2. The Morgan fingerprint density at radius 2 is 1.75 bits per heavy atom. The predicted molar refractivity (Wildman–Crippen MR) is 109 cm³/mol. The highest BCUT2D eigenvalue weighted by molar-refractivity contribution is 6.09. The van der Waals surface area contributed by atoms with Crippen molar-refractivity contribution in [2.75, 3.05) is 5.32 Å². The smallest absolute Gasteiger partial charge is 0.287 e. The van der Waals surface area contributed by atoms with E-state index in [4.69, 9.17) is 0 Å². The Hall–Kier alpha value is -3.15. The van der Waals surface area contributed by atoms with Gasteiger partial charge in [-0.3, -0.25) is 14.0 Å². The second-order valence-corrected chi connectivity index (χ2v) is 8.24. The third kappa shape index (κ3) is 3.50. The average molecular weight is 376 g/mol. The van der Waals surface area contributed by atoms with Gasteiger partial charge >= 0.3 is 0 Å². The fraction of sp³-hybridized carbons (Fsp3) is 0.318. The highest BCUT2D eigenvalue weighted by Gasteiger charge is 2.28. The first-order valence-electron chi connectivity index (χ1n) is 9.53. The molecule has 144 valence electrons. The van der Waals surface area contributed by atoms with Gasteiger partial charge in [-0.25, -0.2) is 4.98 Å². The Labute approximate surface area is 164 Å². The van der Waals surface area contributed by atoms with Crippen molar-refractivity contribution in [2.45, 2.75) is 45.1 Å². The van der Waals surface area contributed by atoms with Crippen LogP contribution in [0.1, 0.15) is 60.3 Å². The second kappa shape index (κ2) is 6.78. The van der Waals surface area contributed by atoms with Crippen molar-refractivity contribution in [2.24, 2.45) is 0 Å². The minimum absolute atomic E-state index is 0.116. The number of anilines is 1. The van der Waals surface area contributed by atoms with Crippen LogP contribution in [0.4, 0.5) is 5.69 Å². The number of amides is 2. The Balaban J connectivity index is 1.70. The number of nitrogens with zero attached hydrogens (tertiary/aromatic N) is 2. The number of imidazole rings is 1.